The summed E-state index contributed by atoms with van der Waals surface area (Å²) in [4.78, 5) is 0. The standard InChI is InChI=1S/C14H19N3O2/c1-5-9-6-7-11(18-3)13(19-4)12(9)10-8-16-17(2)14(10)15/h6-8H,5,15H2,1-4H3. The number of ether oxygens (including phenoxy) is 2. The lowest BCUT2D eigenvalue weighted by molar-refractivity contribution is 0.356. The molecule has 0 unspecified atom stereocenters. The fourth-order valence-electron chi connectivity index (χ4n) is 2.20. The van der Waals surface area contributed by atoms with Crippen molar-refractivity contribution >= 4 is 5.82 Å². The van der Waals surface area contributed by atoms with Crippen LogP contribution in [0.1, 0.15) is 12.5 Å². The van der Waals surface area contributed by atoms with E-state index >= 15 is 0 Å². The monoisotopic (exact) mass is 261 g/mol. The van der Waals surface area contributed by atoms with E-state index in [2.05, 4.69) is 12.0 Å². The molecule has 0 fully saturated rings. The molecule has 0 aliphatic carbocycles. The summed E-state index contributed by atoms with van der Waals surface area (Å²) in [6, 6.07) is 3.94. The molecule has 19 heavy (non-hydrogen) atoms. The van der Waals surface area contributed by atoms with Crippen LogP contribution < -0.4 is 15.2 Å². The third-order valence-corrected chi connectivity index (χ3v) is 3.27. The summed E-state index contributed by atoms with van der Waals surface area (Å²) in [5.41, 5.74) is 9.05. The molecule has 0 bridgehead atoms. The van der Waals surface area contributed by atoms with Crippen molar-refractivity contribution in [3.63, 3.8) is 0 Å². The van der Waals surface area contributed by atoms with E-state index in [1.165, 1.54) is 0 Å². The van der Waals surface area contributed by atoms with Gasteiger partial charge in [0.05, 0.1) is 20.4 Å². The molecular weight excluding hydrogens is 242 g/mol. The minimum atomic E-state index is 0.612. The number of anilines is 1. The van der Waals surface area contributed by atoms with Gasteiger partial charge in [0.1, 0.15) is 5.82 Å². The van der Waals surface area contributed by atoms with Gasteiger partial charge in [0.15, 0.2) is 11.5 Å². The van der Waals surface area contributed by atoms with Crippen LogP contribution in [0.15, 0.2) is 18.3 Å². The lowest BCUT2D eigenvalue weighted by Crippen LogP contribution is -2.01. The summed E-state index contributed by atoms with van der Waals surface area (Å²) in [5.74, 6) is 2.00. The third kappa shape index (κ3) is 2.12. The minimum Gasteiger partial charge on any atom is -0.493 e. The Labute approximate surface area is 112 Å². The van der Waals surface area contributed by atoms with Crippen LogP contribution in [0.25, 0.3) is 11.1 Å². The van der Waals surface area contributed by atoms with E-state index in [-0.39, 0.29) is 0 Å². The highest BCUT2D eigenvalue weighted by molar-refractivity contribution is 5.83. The number of hydrogen-bond acceptors (Lipinski definition) is 4. The predicted octanol–water partition coefficient (Wildman–Crippen LogP) is 2.25. The summed E-state index contributed by atoms with van der Waals surface area (Å²) in [7, 11) is 5.07. The van der Waals surface area contributed by atoms with E-state index in [1.54, 1.807) is 25.1 Å². The molecule has 1 heterocycles. The van der Waals surface area contributed by atoms with Crippen LogP contribution in [0.5, 0.6) is 11.5 Å². The van der Waals surface area contributed by atoms with Crippen LogP contribution in [-0.4, -0.2) is 24.0 Å². The maximum absolute atomic E-state index is 6.08. The molecule has 0 atom stereocenters. The molecule has 0 saturated heterocycles. The summed E-state index contributed by atoms with van der Waals surface area (Å²) in [5, 5.41) is 4.19. The summed E-state index contributed by atoms with van der Waals surface area (Å²) < 4.78 is 12.5. The molecule has 2 rings (SSSR count). The molecule has 102 valence electrons. The zero-order valence-electron chi connectivity index (χ0n) is 11.7. The van der Waals surface area contributed by atoms with Gasteiger partial charge in [0.2, 0.25) is 0 Å². The van der Waals surface area contributed by atoms with Crippen molar-refractivity contribution in [2.75, 3.05) is 20.0 Å². The molecule has 0 saturated carbocycles. The van der Waals surface area contributed by atoms with Gasteiger partial charge >= 0.3 is 0 Å². The van der Waals surface area contributed by atoms with Crippen LogP contribution in [-0.2, 0) is 13.5 Å². The fraction of sp³-hybridized carbons (Fsp3) is 0.357. The Hall–Kier alpha value is -2.17. The number of rotatable bonds is 4. The molecule has 0 radical (unpaired) electrons. The molecule has 2 aromatic rings. The van der Waals surface area contributed by atoms with Crippen molar-refractivity contribution in [1.29, 1.82) is 0 Å². The quantitative estimate of drug-likeness (QED) is 0.917. The number of aryl methyl sites for hydroxylation is 2. The van der Waals surface area contributed by atoms with Gasteiger partial charge in [-0.2, -0.15) is 5.10 Å². The second-order valence-corrected chi connectivity index (χ2v) is 4.26. The van der Waals surface area contributed by atoms with Crippen LogP contribution in [0, 0.1) is 0 Å². The van der Waals surface area contributed by atoms with E-state index in [9.17, 15) is 0 Å². The average molecular weight is 261 g/mol. The fourth-order valence-corrected chi connectivity index (χ4v) is 2.20. The third-order valence-electron chi connectivity index (χ3n) is 3.27. The smallest absolute Gasteiger partial charge is 0.168 e. The second kappa shape index (κ2) is 5.22. The highest BCUT2D eigenvalue weighted by Gasteiger charge is 2.19. The summed E-state index contributed by atoms with van der Waals surface area (Å²) >= 11 is 0. The van der Waals surface area contributed by atoms with Crippen molar-refractivity contribution in [2.24, 2.45) is 7.05 Å². The van der Waals surface area contributed by atoms with Crippen LogP contribution >= 0.6 is 0 Å². The molecule has 0 amide bonds. The Balaban J connectivity index is 2.75. The molecule has 1 aromatic carbocycles. The van der Waals surface area contributed by atoms with E-state index in [0.29, 0.717) is 17.3 Å². The molecule has 0 aliphatic heterocycles. The van der Waals surface area contributed by atoms with Crippen molar-refractivity contribution in [3.05, 3.63) is 23.9 Å². The topological polar surface area (TPSA) is 62.3 Å². The summed E-state index contributed by atoms with van der Waals surface area (Å²) in [6.45, 7) is 2.09. The van der Waals surface area contributed by atoms with E-state index in [0.717, 1.165) is 23.1 Å². The zero-order chi connectivity index (χ0) is 14.0. The van der Waals surface area contributed by atoms with Crippen molar-refractivity contribution in [1.82, 2.24) is 9.78 Å². The lowest BCUT2D eigenvalue weighted by atomic mass is 9.98. The van der Waals surface area contributed by atoms with E-state index in [1.807, 2.05) is 19.2 Å². The highest BCUT2D eigenvalue weighted by atomic mass is 16.5. The summed E-state index contributed by atoms with van der Waals surface area (Å²) in [6.07, 6.45) is 2.63. The number of hydrogen-bond donors (Lipinski definition) is 1. The molecule has 0 spiro atoms. The van der Waals surface area contributed by atoms with E-state index < -0.39 is 0 Å². The maximum Gasteiger partial charge on any atom is 0.168 e. The first-order chi connectivity index (χ1) is 9.13. The number of nitrogen functional groups attached to an aromatic ring is 1. The van der Waals surface area contributed by atoms with Crippen molar-refractivity contribution in [3.8, 4) is 22.6 Å². The minimum absolute atomic E-state index is 0.612. The van der Waals surface area contributed by atoms with Gasteiger partial charge in [-0.15, -0.1) is 0 Å². The van der Waals surface area contributed by atoms with Gasteiger partial charge in [-0.25, -0.2) is 0 Å². The van der Waals surface area contributed by atoms with Gasteiger partial charge in [0.25, 0.3) is 0 Å². The molecule has 5 nitrogen and oxygen atoms in total. The number of nitrogens with two attached hydrogens (primary N) is 1. The van der Waals surface area contributed by atoms with Crippen LogP contribution in [0.2, 0.25) is 0 Å². The maximum atomic E-state index is 6.08. The molecule has 5 heteroatoms. The number of nitrogens with zero attached hydrogens (tertiary/aromatic N) is 2. The first kappa shape index (κ1) is 13.3. The van der Waals surface area contributed by atoms with E-state index in [4.69, 9.17) is 15.2 Å². The zero-order valence-corrected chi connectivity index (χ0v) is 11.7. The molecule has 0 aliphatic rings. The Morgan fingerprint density at radius 3 is 2.47 bits per heavy atom. The Morgan fingerprint density at radius 1 is 1.26 bits per heavy atom. The normalized spacial score (nSPS) is 10.5. The Morgan fingerprint density at radius 2 is 2.00 bits per heavy atom. The van der Waals surface area contributed by atoms with Gasteiger partial charge < -0.3 is 15.2 Å². The Bertz CT molecular complexity index is 591. The Kier molecular flexibility index (Phi) is 3.64. The second-order valence-electron chi connectivity index (χ2n) is 4.26. The van der Waals surface area contributed by atoms with Crippen LogP contribution in [0.4, 0.5) is 5.82 Å². The largest absolute Gasteiger partial charge is 0.493 e. The van der Waals surface area contributed by atoms with Gasteiger partial charge in [-0.3, -0.25) is 4.68 Å². The average Bonchev–Trinajstić information content (AvgIpc) is 2.77. The van der Waals surface area contributed by atoms with Gasteiger partial charge in [-0.1, -0.05) is 13.0 Å². The van der Waals surface area contributed by atoms with Crippen molar-refractivity contribution in [2.45, 2.75) is 13.3 Å². The molecular formula is C14H19N3O2. The predicted molar refractivity (Wildman–Crippen MR) is 75.5 cm³/mol. The number of aromatic nitrogens is 2. The number of benzene rings is 1. The van der Waals surface area contributed by atoms with Gasteiger partial charge in [0, 0.05) is 18.2 Å². The molecule has 1 aromatic heterocycles. The SMILES string of the molecule is CCc1ccc(OC)c(OC)c1-c1cnn(C)c1N. The van der Waals surface area contributed by atoms with Crippen molar-refractivity contribution < 1.29 is 9.47 Å². The first-order valence-corrected chi connectivity index (χ1v) is 6.15. The van der Waals surface area contributed by atoms with Crippen LogP contribution in [0.3, 0.4) is 0 Å². The molecule has 2 N–H and O–H groups in total. The number of methoxy groups -OCH3 is 2. The highest BCUT2D eigenvalue weighted by Crippen LogP contribution is 2.42. The first-order valence-electron chi connectivity index (χ1n) is 6.15. The van der Waals surface area contributed by atoms with Gasteiger partial charge in [-0.05, 0) is 18.1 Å². The lowest BCUT2D eigenvalue weighted by Gasteiger charge is -2.16.